The van der Waals surface area contributed by atoms with Crippen LogP contribution >= 0.6 is 0 Å². The average Bonchev–Trinajstić information content (AvgIpc) is 3.09. The van der Waals surface area contributed by atoms with Crippen molar-refractivity contribution in [1.82, 2.24) is 10.6 Å². The number of alkyl halides is 3. The summed E-state index contributed by atoms with van der Waals surface area (Å²) >= 11 is 0. The first-order chi connectivity index (χ1) is 15.9. The van der Waals surface area contributed by atoms with E-state index in [4.69, 9.17) is 9.84 Å². The van der Waals surface area contributed by atoms with Gasteiger partial charge in [-0.3, -0.25) is 4.79 Å². The summed E-state index contributed by atoms with van der Waals surface area (Å²) in [7, 11) is 0. The molecule has 2 atom stereocenters. The molecule has 0 bridgehead atoms. The molecular formula is C23H23F3N2O6. The first kappa shape index (κ1) is 25.0. The SMILES string of the molecule is CC(O)(CNC(=O)C(CNC(=O)OCC1c2ccccc2-c2ccccc21)C(F)(F)F)C(=O)O. The van der Waals surface area contributed by atoms with Gasteiger partial charge >= 0.3 is 18.2 Å². The Hall–Kier alpha value is -3.60. The molecule has 0 aliphatic heterocycles. The molecule has 8 nitrogen and oxygen atoms in total. The molecule has 0 fully saturated rings. The Bertz CT molecular complexity index is 1040. The average molecular weight is 480 g/mol. The van der Waals surface area contributed by atoms with Crippen LogP contribution in [0.2, 0.25) is 0 Å². The van der Waals surface area contributed by atoms with Crippen LogP contribution in [-0.4, -0.2) is 59.7 Å². The summed E-state index contributed by atoms with van der Waals surface area (Å²) in [5.41, 5.74) is 1.37. The van der Waals surface area contributed by atoms with E-state index in [1.807, 2.05) is 53.8 Å². The molecule has 0 radical (unpaired) electrons. The summed E-state index contributed by atoms with van der Waals surface area (Å²) in [5, 5.41) is 22.1. The molecule has 1 aliphatic rings. The zero-order valence-electron chi connectivity index (χ0n) is 18.1. The van der Waals surface area contributed by atoms with E-state index < -0.39 is 48.8 Å². The Balaban J connectivity index is 1.60. The van der Waals surface area contributed by atoms with Crippen molar-refractivity contribution in [2.75, 3.05) is 19.7 Å². The van der Waals surface area contributed by atoms with Gasteiger partial charge in [0, 0.05) is 12.5 Å². The minimum atomic E-state index is -5.03. The van der Waals surface area contributed by atoms with E-state index in [0.29, 0.717) is 0 Å². The van der Waals surface area contributed by atoms with Crippen molar-refractivity contribution in [2.24, 2.45) is 5.92 Å². The van der Waals surface area contributed by atoms with E-state index in [0.717, 1.165) is 29.2 Å². The highest BCUT2D eigenvalue weighted by atomic mass is 19.4. The molecule has 0 aromatic heterocycles. The Morgan fingerprint density at radius 3 is 2.03 bits per heavy atom. The van der Waals surface area contributed by atoms with Crippen LogP contribution in [0.1, 0.15) is 24.0 Å². The molecule has 2 aromatic rings. The van der Waals surface area contributed by atoms with Gasteiger partial charge in [-0.1, -0.05) is 48.5 Å². The first-order valence-corrected chi connectivity index (χ1v) is 10.3. The number of hydrogen-bond donors (Lipinski definition) is 4. The normalized spacial score (nSPS) is 15.4. The number of fused-ring (bicyclic) bond motifs is 3. The summed E-state index contributed by atoms with van der Waals surface area (Å²) in [5.74, 6) is -6.27. The molecule has 2 unspecified atom stereocenters. The summed E-state index contributed by atoms with van der Waals surface area (Å²) in [6.45, 7) is -1.36. The minimum Gasteiger partial charge on any atom is -0.479 e. The van der Waals surface area contributed by atoms with E-state index in [9.17, 15) is 32.7 Å². The van der Waals surface area contributed by atoms with Crippen LogP contribution < -0.4 is 10.6 Å². The van der Waals surface area contributed by atoms with Crippen LogP contribution in [0.25, 0.3) is 11.1 Å². The number of nitrogens with one attached hydrogen (secondary N) is 2. The maximum Gasteiger partial charge on any atom is 0.407 e. The number of carboxylic acid groups (broad SMARTS) is 1. The molecule has 3 rings (SSSR count). The largest absolute Gasteiger partial charge is 0.479 e. The Morgan fingerprint density at radius 2 is 1.53 bits per heavy atom. The standard InChI is InChI=1S/C23H23F3N2O6/c1-22(33,20(30)31)12-28-19(29)18(23(24,25)26)10-27-21(32)34-11-17-15-8-4-2-6-13(15)14-7-3-5-9-16(14)17/h2-9,17-18,33H,10-12H2,1H3,(H,27,32)(H,28,29)(H,30,31). The zero-order chi connectivity index (χ0) is 25.1. The number of amides is 2. The van der Waals surface area contributed by atoms with Crippen LogP contribution in [0.15, 0.2) is 48.5 Å². The fourth-order valence-corrected chi connectivity index (χ4v) is 3.65. The Labute approximate surface area is 192 Å². The van der Waals surface area contributed by atoms with Crippen molar-refractivity contribution in [3.05, 3.63) is 59.7 Å². The molecule has 182 valence electrons. The van der Waals surface area contributed by atoms with Crippen LogP contribution in [0.4, 0.5) is 18.0 Å². The monoisotopic (exact) mass is 480 g/mol. The topological polar surface area (TPSA) is 125 Å². The lowest BCUT2D eigenvalue weighted by atomic mass is 9.98. The van der Waals surface area contributed by atoms with Gasteiger partial charge in [0.25, 0.3) is 0 Å². The van der Waals surface area contributed by atoms with Gasteiger partial charge in [-0.15, -0.1) is 0 Å². The van der Waals surface area contributed by atoms with Crippen molar-refractivity contribution in [1.29, 1.82) is 0 Å². The predicted molar refractivity (Wildman–Crippen MR) is 114 cm³/mol. The smallest absolute Gasteiger partial charge is 0.407 e. The Morgan fingerprint density at radius 1 is 1.00 bits per heavy atom. The number of halogens is 3. The van der Waals surface area contributed by atoms with Gasteiger partial charge in [0.05, 0.1) is 6.54 Å². The fraction of sp³-hybridized carbons (Fsp3) is 0.348. The maximum absolute atomic E-state index is 13.3. The number of aliphatic hydroxyl groups is 1. The molecular weight excluding hydrogens is 457 g/mol. The highest BCUT2D eigenvalue weighted by molar-refractivity contribution is 5.83. The fourth-order valence-electron chi connectivity index (χ4n) is 3.65. The summed E-state index contributed by atoms with van der Waals surface area (Å²) < 4.78 is 45.2. The quantitative estimate of drug-likeness (QED) is 0.461. The molecule has 2 aromatic carbocycles. The minimum absolute atomic E-state index is 0.121. The second kappa shape index (κ2) is 9.72. The highest BCUT2D eigenvalue weighted by Crippen LogP contribution is 2.44. The summed E-state index contributed by atoms with van der Waals surface area (Å²) in [6.07, 6.45) is -6.17. The molecule has 0 heterocycles. The zero-order valence-corrected chi connectivity index (χ0v) is 18.1. The number of hydrogen-bond acceptors (Lipinski definition) is 5. The molecule has 0 saturated heterocycles. The molecule has 34 heavy (non-hydrogen) atoms. The third-order valence-electron chi connectivity index (χ3n) is 5.57. The third kappa shape index (κ3) is 5.48. The van der Waals surface area contributed by atoms with Gasteiger partial charge in [0.1, 0.15) is 6.61 Å². The van der Waals surface area contributed by atoms with Gasteiger partial charge < -0.3 is 25.6 Å². The van der Waals surface area contributed by atoms with Crippen LogP contribution in [0.5, 0.6) is 0 Å². The van der Waals surface area contributed by atoms with E-state index in [1.54, 1.807) is 5.32 Å². The van der Waals surface area contributed by atoms with Crippen molar-refractivity contribution in [3.63, 3.8) is 0 Å². The second-order valence-corrected chi connectivity index (χ2v) is 8.10. The molecule has 1 aliphatic carbocycles. The van der Waals surface area contributed by atoms with Crippen LogP contribution in [-0.2, 0) is 14.3 Å². The number of benzene rings is 2. The van der Waals surface area contributed by atoms with E-state index in [-0.39, 0.29) is 12.5 Å². The van der Waals surface area contributed by atoms with Crippen molar-refractivity contribution in [2.45, 2.75) is 24.6 Å². The lowest BCUT2D eigenvalue weighted by molar-refractivity contribution is -0.182. The van der Waals surface area contributed by atoms with Gasteiger partial charge in [0.15, 0.2) is 11.5 Å². The van der Waals surface area contributed by atoms with Gasteiger partial charge in [0.2, 0.25) is 5.91 Å². The molecule has 2 amide bonds. The van der Waals surface area contributed by atoms with Gasteiger partial charge in [-0.2, -0.15) is 13.2 Å². The molecule has 0 spiro atoms. The number of carbonyl (C=O) groups excluding carboxylic acids is 2. The maximum atomic E-state index is 13.3. The van der Waals surface area contributed by atoms with Gasteiger partial charge in [-0.25, -0.2) is 9.59 Å². The third-order valence-corrected chi connectivity index (χ3v) is 5.57. The summed E-state index contributed by atoms with van der Waals surface area (Å²) in [4.78, 5) is 35.0. The number of alkyl carbamates (subject to hydrolysis) is 1. The lowest BCUT2D eigenvalue weighted by Crippen LogP contribution is -2.52. The number of aliphatic carboxylic acids is 1. The highest BCUT2D eigenvalue weighted by Gasteiger charge is 2.45. The Kier molecular flexibility index (Phi) is 7.15. The van der Waals surface area contributed by atoms with Crippen molar-refractivity contribution in [3.8, 4) is 11.1 Å². The van der Waals surface area contributed by atoms with Crippen LogP contribution in [0, 0.1) is 5.92 Å². The predicted octanol–water partition coefficient (Wildman–Crippen LogP) is 2.66. The van der Waals surface area contributed by atoms with Crippen molar-refractivity contribution < 1.29 is 42.5 Å². The second-order valence-electron chi connectivity index (χ2n) is 8.10. The molecule has 11 heteroatoms. The number of carbonyl (C=O) groups is 3. The number of ether oxygens (including phenoxy) is 1. The molecule has 4 N–H and O–H groups in total. The number of carboxylic acids is 1. The molecule has 0 saturated carbocycles. The number of rotatable bonds is 8. The van der Waals surface area contributed by atoms with Crippen molar-refractivity contribution >= 4 is 18.0 Å². The van der Waals surface area contributed by atoms with E-state index in [2.05, 4.69) is 0 Å². The van der Waals surface area contributed by atoms with E-state index >= 15 is 0 Å². The van der Waals surface area contributed by atoms with Crippen LogP contribution in [0.3, 0.4) is 0 Å². The van der Waals surface area contributed by atoms with Gasteiger partial charge in [-0.05, 0) is 29.2 Å². The summed E-state index contributed by atoms with van der Waals surface area (Å²) in [6, 6.07) is 15.1. The first-order valence-electron chi connectivity index (χ1n) is 10.3. The van der Waals surface area contributed by atoms with E-state index in [1.165, 1.54) is 0 Å². The lowest BCUT2D eigenvalue weighted by Gasteiger charge is -2.23.